The number of nitrogens with zero attached hydrogens (tertiary/aromatic N) is 3. The summed E-state index contributed by atoms with van der Waals surface area (Å²) in [6.07, 6.45) is 0. The molecule has 1 heterocycles. The number of rotatable bonds is 2. The van der Waals surface area contributed by atoms with E-state index in [9.17, 15) is 14.9 Å². The van der Waals surface area contributed by atoms with Gasteiger partial charge in [-0.05, 0) is 6.07 Å². The molecule has 0 saturated heterocycles. The third-order valence-electron chi connectivity index (χ3n) is 2.03. The topological polar surface area (TPSA) is 111 Å². The van der Waals surface area contributed by atoms with Crippen molar-refractivity contribution in [1.29, 1.82) is 0 Å². The molecule has 0 spiro atoms. The lowest BCUT2D eigenvalue weighted by Crippen LogP contribution is -2.02. The van der Waals surface area contributed by atoms with Crippen LogP contribution >= 0.6 is 0 Å². The molecule has 2 rings (SSSR count). The molecule has 1 aromatic carbocycles. The summed E-state index contributed by atoms with van der Waals surface area (Å²) in [5.41, 5.74) is 0.214. The second-order valence-corrected chi connectivity index (χ2v) is 2.95. The molecule has 1 N–H and O–H groups in total. The summed E-state index contributed by atoms with van der Waals surface area (Å²) in [4.78, 5) is 21.4. The number of benzene rings is 1. The Balaban J connectivity index is 2.71. The predicted molar refractivity (Wildman–Crippen MR) is 51.9 cm³/mol. The Kier molecular flexibility index (Phi) is 2.24. The number of nitrogens with one attached hydrogen (secondary N) is 1. The fraction of sp³-hybridized carbons (Fsp3) is 0.125. The van der Waals surface area contributed by atoms with Gasteiger partial charge in [-0.1, -0.05) is 5.21 Å². The van der Waals surface area contributed by atoms with Gasteiger partial charge in [0, 0.05) is 6.07 Å². The average Bonchev–Trinajstić information content (AvgIpc) is 2.74. The Morgan fingerprint density at radius 2 is 2.31 bits per heavy atom. The molecule has 0 amide bonds. The van der Waals surface area contributed by atoms with Crippen molar-refractivity contribution < 1.29 is 14.5 Å². The maximum absolute atomic E-state index is 11.3. The number of nitro groups is 1. The van der Waals surface area contributed by atoms with E-state index in [0.717, 1.165) is 6.07 Å². The van der Waals surface area contributed by atoms with Crippen LogP contribution in [0.15, 0.2) is 12.1 Å². The minimum atomic E-state index is -0.653. The van der Waals surface area contributed by atoms with Crippen molar-refractivity contribution in [2.24, 2.45) is 0 Å². The Labute approximate surface area is 88.4 Å². The molecule has 0 radical (unpaired) electrons. The minimum Gasteiger partial charge on any atom is -0.465 e. The van der Waals surface area contributed by atoms with Crippen LogP contribution in [-0.2, 0) is 4.74 Å². The number of esters is 1. The summed E-state index contributed by atoms with van der Waals surface area (Å²) in [6.45, 7) is 0. The van der Waals surface area contributed by atoms with Gasteiger partial charge in [-0.3, -0.25) is 15.2 Å². The molecule has 1 aromatic heterocycles. The monoisotopic (exact) mass is 222 g/mol. The lowest BCUT2D eigenvalue weighted by molar-refractivity contribution is -0.383. The highest BCUT2D eigenvalue weighted by molar-refractivity contribution is 5.96. The van der Waals surface area contributed by atoms with Crippen molar-refractivity contribution in [3.8, 4) is 0 Å². The number of carbonyl (C=O) groups is 1. The van der Waals surface area contributed by atoms with E-state index in [2.05, 4.69) is 20.1 Å². The predicted octanol–water partition coefficient (Wildman–Crippen LogP) is 0.653. The third kappa shape index (κ3) is 1.45. The molecular weight excluding hydrogens is 216 g/mol. The van der Waals surface area contributed by atoms with Gasteiger partial charge >= 0.3 is 5.97 Å². The van der Waals surface area contributed by atoms with Crippen LogP contribution in [0.1, 0.15) is 10.4 Å². The Morgan fingerprint density at radius 1 is 1.56 bits per heavy atom. The average molecular weight is 222 g/mol. The largest absolute Gasteiger partial charge is 0.465 e. The van der Waals surface area contributed by atoms with E-state index in [1.54, 1.807) is 0 Å². The Morgan fingerprint density at radius 3 is 2.94 bits per heavy atom. The summed E-state index contributed by atoms with van der Waals surface area (Å²) < 4.78 is 4.48. The quantitative estimate of drug-likeness (QED) is 0.453. The van der Waals surface area contributed by atoms with Gasteiger partial charge in [-0.25, -0.2) is 4.79 Å². The van der Waals surface area contributed by atoms with Gasteiger partial charge in [0.1, 0.15) is 0 Å². The molecule has 16 heavy (non-hydrogen) atoms. The number of aromatic amines is 1. The fourth-order valence-corrected chi connectivity index (χ4v) is 1.31. The number of fused-ring (bicyclic) bond motifs is 1. The molecule has 0 aliphatic rings. The fourth-order valence-electron chi connectivity index (χ4n) is 1.31. The smallest absolute Gasteiger partial charge is 0.338 e. The van der Waals surface area contributed by atoms with Gasteiger partial charge < -0.3 is 4.74 Å². The van der Waals surface area contributed by atoms with E-state index in [1.165, 1.54) is 13.2 Å². The van der Waals surface area contributed by atoms with E-state index >= 15 is 0 Å². The molecule has 0 atom stereocenters. The highest BCUT2D eigenvalue weighted by Gasteiger charge is 2.19. The minimum absolute atomic E-state index is 0.0766. The zero-order valence-corrected chi connectivity index (χ0v) is 8.13. The van der Waals surface area contributed by atoms with Crippen LogP contribution in [0.4, 0.5) is 5.69 Å². The second kappa shape index (κ2) is 3.57. The van der Waals surface area contributed by atoms with Crippen LogP contribution in [0.2, 0.25) is 0 Å². The lowest BCUT2D eigenvalue weighted by atomic mass is 10.1. The maximum atomic E-state index is 11.3. The number of nitro benzene ring substituents is 1. The number of ether oxygens (including phenoxy) is 1. The molecular formula is C8H6N4O4. The first kappa shape index (κ1) is 10.0. The number of carbonyl (C=O) groups excluding carboxylic acids is 1. The van der Waals surface area contributed by atoms with Crippen molar-refractivity contribution in [2.45, 2.75) is 0 Å². The summed E-state index contributed by atoms with van der Waals surface area (Å²) in [5, 5.41) is 20.2. The van der Waals surface area contributed by atoms with Crippen molar-refractivity contribution in [3.63, 3.8) is 0 Å². The van der Waals surface area contributed by atoms with Crippen molar-refractivity contribution >= 4 is 22.7 Å². The van der Waals surface area contributed by atoms with Gasteiger partial charge in [-0.2, -0.15) is 0 Å². The first-order valence-electron chi connectivity index (χ1n) is 4.21. The number of methoxy groups -OCH3 is 1. The molecule has 0 aliphatic carbocycles. The standard InChI is InChI=1S/C8H6N4O4/c1-16-8(13)4-2-5-7(10-11-9-5)6(3-4)12(14)15/h2-3H,1H3,(H,9,10,11). The zero-order chi connectivity index (χ0) is 11.7. The van der Waals surface area contributed by atoms with Gasteiger partial charge in [0.05, 0.1) is 23.1 Å². The summed E-state index contributed by atoms with van der Waals surface area (Å²) in [5.74, 6) is -0.653. The van der Waals surface area contributed by atoms with Crippen LogP contribution < -0.4 is 0 Å². The molecule has 8 nitrogen and oxygen atoms in total. The SMILES string of the molecule is COC(=O)c1cc([N+](=O)[O-])c2nn[nH]c2c1. The summed E-state index contributed by atoms with van der Waals surface area (Å²) >= 11 is 0. The van der Waals surface area contributed by atoms with Crippen LogP contribution in [-0.4, -0.2) is 33.4 Å². The van der Waals surface area contributed by atoms with Crippen LogP contribution in [0, 0.1) is 10.1 Å². The highest BCUT2D eigenvalue weighted by atomic mass is 16.6. The van der Waals surface area contributed by atoms with Gasteiger partial charge in [0.15, 0.2) is 5.52 Å². The number of hydrogen-bond acceptors (Lipinski definition) is 6. The molecule has 2 aromatic rings. The van der Waals surface area contributed by atoms with Crippen LogP contribution in [0.5, 0.6) is 0 Å². The molecule has 82 valence electrons. The number of H-pyrrole nitrogens is 1. The van der Waals surface area contributed by atoms with E-state index in [4.69, 9.17) is 0 Å². The maximum Gasteiger partial charge on any atom is 0.338 e. The molecule has 0 aliphatic heterocycles. The lowest BCUT2D eigenvalue weighted by Gasteiger charge is -1.99. The third-order valence-corrected chi connectivity index (χ3v) is 2.03. The van der Waals surface area contributed by atoms with E-state index in [-0.39, 0.29) is 16.8 Å². The molecule has 8 heteroatoms. The molecule has 0 fully saturated rings. The first-order chi connectivity index (χ1) is 7.63. The van der Waals surface area contributed by atoms with Crippen LogP contribution in [0.25, 0.3) is 11.0 Å². The summed E-state index contributed by atoms with van der Waals surface area (Å²) in [7, 11) is 1.20. The van der Waals surface area contributed by atoms with Crippen molar-refractivity contribution in [2.75, 3.05) is 7.11 Å². The van der Waals surface area contributed by atoms with Gasteiger partial charge in [-0.15, -0.1) is 5.10 Å². The normalized spacial score (nSPS) is 10.3. The number of aromatic nitrogens is 3. The first-order valence-corrected chi connectivity index (χ1v) is 4.21. The molecule has 0 saturated carbocycles. The van der Waals surface area contributed by atoms with Crippen LogP contribution in [0.3, 0.4) is 0 Å². The zero-order valence-electron chi connectivity index (χ0n) is 8.13. The van der Waals surface area contributed by atoms with Gasteiger partial charge in [0.25, 0.3) is 5.69 Å². The molecule has 0 bridgehead atoms. The second-order valence-electron chi connectivity index (χ2n) is 2.95. The summed E-state index contributed by atoms with van der Waals surface area (Å²) in [6, 6.07) is 2.50. The van der Waals surface area contributed by atoms with E-state index < -0.39 is 10.9 Å². The number of non-ortho nitro benzene ring substituents is 1. The highest BCUT2D eigenvalue weighted by Crippen LogP contribution is 2.24. The Hall–Kier alpha value is -2.51. The van der Waals surface area contributed by atoms with Crippen molar-refractivity contribution in [3.05, 3.63) is 27.8 Å². The van der Waals surface area contributed by atoms with E-state index in [1.807, 2.05) is 0 Å². The number of hydrogen-bond donors (Lipinski definition) is 1. The van der Waals surface area contributed by atoms with Crippen molar-refractivity contribution in [1.82, 2.24) is 15.4 Å². The Bertz CT molecular complexity index is 576. The van der Waals surface area contributed by atoms with Gasteiger partial charge in [0.2, 0.25) is 0 Å². The molecule has 0 unspecified atom stereocenters. The van der Waals surface area contributed by atoms with E-state index in [0.29, 0.717) is 5.52 Å².